The van der Waals surface area contributed by atoms with E-state index < -0.39 is 45.6 Å². The zero-order valence-electron chi connectivity index (χ0n) is 14.4. The lowest BCUT2D eigenvalue weighted by Crippen LogP contribution is -2.08. The lowest BCUT2D eigenvalue weighted by molar-refractivity contribution is -0.388. The molecule has 0 unspecified atom stereocenters. The predicted octanol–water partition coefficient (Wildman–Crippen LogP) is 5.67. The number of nitrogens with zero attached hydrogens (tertiary/aromatic N) is 5. The van der Waals surface area contributed by atoms with Crippen LogP contribution in [0.15, 0.2) is 57.8 Å². The standard InChI is InChI=1S/C16H8F6N6O2/c17-15(18,19)9-2-1-3-10(6-9)24-26-14(8-23)27-25-11-4-5-13(28(29)30)12(7-11)16(20,21)22/h1-7,24H. The van der Waals surface area contributed by atoms with Crippen molar-refractivity contribution in [3.8, 4) is 6.07 Å². The average molecular weight is 430 g/mol. The van der Waals surface area contributed by atoms with Crippen LogP contribution >= 0.6 is 0 Å². The Balaban J connectivity index is 2.26. The van der Waals surface area contributed by atoms with E-state index in [1.54, 1.807) is 0 Å². The molecule has 2 rings (SSSR count). The molecule has 0 aliphatic rings. The molecule has 30 heavy (non-hydrogen) atoms. The molecular weight excluding hydrogens is 422 g/mol. The van der Waals surface area contributed by atoms with Crippen molar-refractivity contribution in [2.75, 3.05) is 5.43 Å². The number of rotatable bonds is 4. The van der Waals surface area contributed by atoms with Crippen LogP contribution in [0, 0.1) is 21.4 Å². The molecule has 0 saturated heterocycles. The summed E-state index contributed by atoms with van der Waals surface area (Å²) in [5, 5.41) is 29.7. The first-order valence-corrected chi connectivity index (χ1v) is 7.60. The Labute approximate surface area is 163 Å². The van der Waals surface area contributed by atoms with Crippen LogP contribution in [-0.2, 0) is 12.4 Å². The molecule has 0 aliphatic heterocycles. The van der Waals surface area contributed by atoms with Gasteiger partial charge in [-0.2, -0.15) is 31.6 Å². The molecule has 14 heteroatoms. The highest BCUT2D eigenvalue weighted by Gasteiger charge is 2.38. The number of halogens is 6. The summed E-state index contributed by atoms with van der Waals surface area (Å²) in [6.07, 6.45) is -9.64. The molecule has 8 nitrogen and oxygen atoms in total. The van der Waals surface area contributed by atoms with E-state index in [4.69, 9.17) is 5.26 Å². The maximum Gasteiger partial charge on any atom is 0.423 e. The van der Waals surface area contributed by atoms with Crippen LogP contribution in [0.2, 0.25) is 0 Å². The molecule has 0 heterocycles. The summed E-state index contributed by atoms with van der Waals surface area (Å²) in [6.45, 7) is 0. The number of alkyl halides is 6. The molecule has 0 atom stereocenters. The Morgan fingerprint density at radius 1 is 1.07 bits per heavy atom. The summed E-state index contributed by atoms with van der Waals surface area (Å²) in [7, 11) is 0. The normalized spacial score (nSPS) is 12.6. The molecule has 0 fully saturated rings. The zero-order chi connectivity index (χ0) is 22.5. The van der Waals surface area contributed by atoms with E-state index in [9.17, 15) is 36.5 Å². The van der Waals surface area contributed by atoms with Crippen molar-refractivity contribution in [1.82, 2.24) is 0 Å². The summed E-state index contributed by atoms with van der Waals surface area (Å²) in [5.74, 6) is -0.723. The predicted molar refractivity (Wildman–Crippen MR) is 90.7 cm³/mol. The second-order valence-electron chi connectivity index (χ2n) is 5.39. The number of nitro groups is 1. The number of nitro benzene ring substituents is 1. The molecule has 156 valence electrons. The van der Waals surface area contributed by atoms with Gasteiger partial charge in [0.2, 0.25) is 0 Å². The lowest BCUT2D eigenvalue weighted by atomic mass is 10.1. The van der Waals surface area contributed by atoms with Gasteiger partial charge in [0.15, 0.2) is 0 Å². The Morgan fingerprint density at radius 3 is 2.33 bits per heavy atom. The molecular formula is C16H8F6N6O2. The van der Waals surface area contributed by atoms with E-state index in [-0.39, 0.29) is 5.69 Å². The van der Waals surface area contributed by atoms with Crippen molar-refractivity contribution in [2.24, 2.45) is 15.3 Å². The zero-order valence-corrected chi connectivity index (χ0v) is 14.4. The van der Waals surface area contributed by atoms with Gasteiger partial charge >= 0.3 is 12.4 Å². The van der Waals surface area contributed by atoms with Crippen molar-refractivity contribution in [1.29, 1.82) is 5.26 Å². The first-order chi connectivity index (χ1) is 13.9. The van der Waals surface area contributed by atoms with Crippen LogP contribution < -0.4 is 5.43 Å². The van der Waals surface area contributed by atoms with E-state index in [2.05, 4.69) is 20.8 Å². The lowest BCUT2D eigenvalue weighted by Gasteiger charge is -2.08. The molecule has 0 bridgehead atoms. The van der Waals surface area contributed by atoms with Gasteiger partial charge in [0.1, 0.15) is 11.6 Å². The van der Waals surface area contributed by atoms with Crippen molar-refractivity contribution in [2.45, 2.75) is 12.4 Å². The molecule has 2 aromatic carbocycles. The van der Waals surface area contributed by atoms with Gasteiger partial charge in [-0.3, -0.25) is 15.5 Å². The maximum absolute atomic E-state index is 12.9. The van der Waals surface area contributed by atoms with Crippen LogP contribution in [0.4, 0.5) is 43.4 Å². The Kier molecular flexibility index (Phi) is 6.35. The first-order valence-electron chi connectivity index (χ1n) is 7.60. The van der Waals surface area contributed by atoms with Gasteiger partial charge in [0.05, 0.1) is 21.9 Å². The van der Waals surface area contributed by atoms with Crippen LogP contribution in [0.3, 0.4) is 0 Å². The highest BCUT2D eigenvalue weighted by atomic mass is 19.4. The number of amidine groups is 1. The Morgan fingerprint density at radius 2 is 1.77 bits per heavy atom. The summed E-state index contributed by atoms with van der Waals surface area (Å²) < 4.78 is 76.8. The minimum atomic E-state index is -5.04. The van der Waals surface area contributed by atoms with Crippen LogP contribution in [-0.4, -0.2) is 10.8 Å². The third kappa shape index (κ3) is 5.74. The summed E-state index contributed by atoms with van der Waals surface area (Å²) in [4.78, 5) is 9.49. The van der Waals surface area contributed by atoms with Gasteiger partial charge in [-0.1, -0.05) is 6.07 Å². The van der Waals surface area contributed by atoms with Crippen molar-refractivity contribution in [3.05, 3.63) is 63.7 Å². The fraction of sp³-hybridized carbons (Fsp3) is 0.125. The third-order valence-electron chi connectivity index (χ3n) is 3.32. The third-order valence-corrected chi connectivity index (χ3v) is 3.32. The largest absolute Gasteiger partial charge is 0.423 e. The molecule has 1 N–H and O–H groups in total. The fourth-order valence-electron chi connectivity index (χ4n) is 2.03. The number of nitrogens with one attached hydrogen (secondary N) is 1. The van der Waals surface area contributed by atoms with Gasteiger partial charge in [0, 0.05) is 6.07 Å². The second-order valence-corrected chi connectivity index (χ2v) is 5.39. The molecule has 0 radical (unpaired) electrons. The minimum Gasteiger partial charge on any atom is -0.276 e. The number of hydrogen-bond donors (Lipinski definition) is 1. The summed E-state index contributed by atoms with van der Waals surface area (Å²) in [6, 6.07) is 7.06. The summed E-state index contributed by atoms with van der Waals surface area (Å²) >= 11 is 0. The van der Waals surface area contributed by atoms with Gasteiger partial charge in [-0.25, -0.2) is 0 Å². The molecule has 0 aromatic heterocycles. The number of hydrazone groups is 1. The number of benzene rings is 2. The number of anilines is 1. The van der Waals surface area contributed by atoms with E-state index in [1.165, 1.54) is 12.1 Å². The molecule has 0 saturated carbocycles. The minimum absolute atomic E-state index is 0.137. The SMILES string of the molecule is N#CC(N=Nc1ccc([N+](=O)[O-])c(C(F)(F)F)c1)=NNc1cccc(C(F)(F)F)c1. The number of azo groups is 1. The van der Waals surface area contributed by atoms with Crippen LogP contribution in [0.25, 0.3) is 0 Å². The highest BCUT2D eigenvalue weighted by molar-refractivity contribution is 5.97. The second kappa shape index (κ2) is 8.55. The van der Waals surface area contributed by atoms with Gasteiger partial charge in [0.25, 0.3) is 11.5 Å². The monoisotopic (exact) mass is 430 g/mol. The van der Waals surface area contributed by atoms with E-state index >= 15 is 0 Å². The molecule has 2 aromatic rings. The van der Waals surface area contributed by atoms with Gasteiger partial charge in [-0.15, -0.1) is 15.3 Å². The average Bonchev–Trinajstić information content (AvgIpc) is 2.66. The quantitative estimate of drug-likeness (QED) is 0.168. The first kappa shape index (κ1) is 22.3. The number of hydrogen-bond acceptors (Lipinski definition) is 6. The van der Waals surface area contributed by atoms with Crippen LogP contribution in [0.5, 0.6) is 0 Å². The molecule has 0 amide bonds. The Hall–Kier alpha value is -4.02. The topological polar surface area (TPSA) is 116 Å². The van der Waals surface area contributed by atoms with Crippen LogP contribution in [0.1, 0.15) is 11.1 Å². The Bertz CT molecular complexity index is 1060. The van der Waals surface area contributed by atoms with Crippen molar-refractivity contribution in [3.63, 3.8) is 0 Å². The van der Waals surface area contributed by atoms with Crippen molar-refractivity contribution < 1.29 is 31.3 Å². The summed E-state index contributed by atoms with van der Waals surface area (Å²) in [5.41, 5.74) is -2.19. The van der Waals surface area contributed by atoms with Gasteiger partial charge < -0.3 is 0 Å². The van der Waals surface area contributed by atoms with E-state index in [0.29, 0.717) is 18.2 Å². The van der Waals surface area contributed by atoms with E-state index in [1.807, 2.05) is 0 Å². The van der Waals surface area contributed by atoms with E-state index in [0.717, 1.165) is 18.2 Å². The van der Waals surface area contributed by atoms with Crippen molar-refractivity contribution >= 4 is 22.9 Å². The maximum atomic E-state index is 12.9. The smallest absolute Gasteiger partial charge is 0.276 e. The molecule has 0 spiro atoms. The molecule has 0 aliphatic carbocycles. The highest BCUT2D eigenvalue weighted by Crippen LogP contribution is 2.38. The number of nitriles is 1. The fourth-order valence-corrected chi connectivity index (χ4v) is 2.03. The van der Waals surface area contributed by atoms with Gasteiger partial charge in [-0.05, 0) is 30.3 Å².